The molecule has 5 rings (SSSR count). The first-order chi connectivity index (χ1) is 15.5. The van der Waals surface area contributed by atoms with E-state index in [0.29, 0.717) is 27.9 Å². The van der Waals surface area contributed by atoms with E-state index < -0.39 is 10.0 Å². The summed E-state index contributed by atoms with van der Waals surface area (Å²) in [4.78, 5) is 4.21. The molecule has 8 nitrogen and oxygen atoms in total. The quantitative estimate of drug-likeness (QED) is 0.417. The molecule has 0 bridgehead atoms. The molecule has 3 heterocycles. The molecule has 158 valence electrons. The molecule has 0 aliphatic heterocycles. The van der Waals surface area contributed by atoms with Crippen LogP contribution in [-0.4, -0.2) is 33.2 Å². The number of hydrogen-bond donors (Lipinski definition) is 1. The van der Waals surface area contributed by atoms with E-state index in [2.05, 4.69) is 25.0 Å². The van der Waals surface area contributed by atoms with E-state index in [1.54, 1.807) is 53.3 Å². The number of halogens is 1. The number of rotatable bonds is 5. The molecule has 0 spiro atoms. The number of hydrogen-bond acceptors (Lipinski definition) is 6. The van der Waals surface area contributed by atoms with Gasteiger partial charge in [0.15, 0.2) is 11.5 Å². The minimum absolute atomic E-state index is 0.0838. The summed E-state index contributed by atoms with van der Waals surface area (Å²) in [6.07, 6.45) is 3.37. The van der Waals surface area contributed by atoms with Crippen LogP contribution in [0.1, 0.15) is 0 Å². The van der Waals surface area contributed by atoms with Crippen LogP contribution < -0.4 is 4.72 Å². The number of nitrogens with zero attached hydrogens (tertiary/aromatic N) is 5. The van der Waals surface area contributed by atoms with Gasteiger partial charge in [-0.05, 0) is 54.6 Å². The summed E-state index contributed by atoms with van der Waals surface area (Å²) < 4.78 is 29.7. The van der Waals surface area contributed by atoms with Gasteiger partial charge in [-0.2, -0.15) is 9.61 Å². The highest BCUT2D eigenvalue weighted by atomic mass is 35.5. The maximum absolute atomic E-state index is 12.7. The number of pyridine rings is 1. The standard InChI is InChI=1S/C22H15ClN6O2S/c23-17-6-2-8-19(13-17)32(30,31)28-18-7-1-4-15(12-18)20-9-10-21-25-26-22(29(21)27-20)16-5-3-11-24-14-16/h1-14,28H. The van der Waals surface area contributed by atoms with Crippen molar-refractivity contribution in [3.8, 4) is 22.6 Å². The van der Waals surface area contributed by atoms with Crippen LogP contribution in [-0.2, 0) is 10.0 Å². The van der Waals surface area contributed by atoms with Gasteiger partial charge in [0, 0.05) is 34.2 Å². The Kier molecular flexibility index (Phi) is 5.04. The van der Waals surface area contributed by atoms with Crippen molar-refractivity contribution in [2.75, 3.05) is 4.72 Å². The van der Waals surface area contributed by atoms with Crippen LogP contribution in [0.4, 0.5) is 5.69 Å². The molecule has 0 saturated carbocycles. The van der Waals surface area contributed by atoms with Gasteiger partial charge in [-0.3, -0.25) is 9.71 Å². The maximum Gasteiger partial charge on any atom is 0.261 e. The molecule has 2 aromatic carbocycles. The lowest BCUT2D eigenvalue weighted by atomic mass is 10.1. The number of nitrogens with one attached hydrogen (secondary N) is 1. The second-order valence-corrected chi connectivity index (χ2v) is 9.02. The molecule has 0 saturated heterocycles. The van der Waals surface area contributed by atoms with Gasteiger partial charge in [-0.15, -0.1) is 10.2 Å². The first-order valence-electron chi connectivity index (χ1n) is 9.51. The van der Waals surface area contributed by atoms with E-state index >= 15 is 0 Å². The molecule has 32 heavy (non-hydrogen) atoms. The van der Waals surface area contributed by atoms with Crippen LogP contribution in [0.25, 0.3) is 28.3 Å². The van der Waals surface area contributed by atoms with Crippen molar-refractivity contribution in [1.82, 2.24) is 24.8 Å². The van der Waals surface area contributed by atoms with Crippen molar-refractivity contribution in [1.29, 1.82) is 0 Å². The van der Waals surface area contributed by atoms with Crippen molar-refractivity contribution in [2.24, 2.45) is 0 Å². The fraction of sp³-hybridized carbons (Fsp3) is 0. The normalized spacial score (nSPS) is 11.5. The van der Waals surface area contributed by atoms with Crippen molar-refractivity contribution in [3.63, 3.8) is 0 Å². The van der Waals surface area contributed by atoms with Crippen LogP contribution in [0.5, 0.6) is 0 Å². The maximum atomic E-state index is 12.7. The lowest BCUT2D eigenvalue weighted by Gasteiger charge is -2.10. The Bertz CT molecular complexity index is 1540. The average molecular weight is 463 g/mol. The first-order valence-corrected chi connectivity index (χ1v) is 11.4. The molecule has 10 heteroatoms. The summed E-state index contributed by atoms with van der Waals surface area (Å²) in [5, 5.41) is 13.4. The molecule has 0 aliphatic rings. The summed E-state index contributed by atoms with van der Waals surface area (Å²) in [5.41, 5.74) is 3.13. The first kappa shape index (κ1) is 20.1. The molecule has 0 unspecified atom stereocenters. The summed E-state index contributed by atoms with van der Waals surface area (Å²) in [7, 11) is -3.79. The number of aromatic nitrogens is 5. The van der Waals surface area contributed by atoms with Gasteiger partial charge in [-0.25, -0.2) is 8.42 Å². The van der Waals surface area contributed by atoms with E-state index in [1.165, 1.54) is 12.1 Å². The van der Waals surface area contributed by atoms with E-state index in [4.69, 9.17) is 11.6 Å². The largest absolute Gasteiger partial charge is 0.280 e. The van der Waals surface area contributed by atoms with Crippen molar-refractivity contribution >= 4 is 33.0 Å². The van der Waals surface area contributed by atoms with Gasteiger partial charge in [0.2, 0.25) is 0 Å². The molecule has 0 fully saturated rings. The topological polar surface area (TPSA) is 102 Å². The Balaban J connectivity index is 1.50. The van der Waals surface area contributed by atoms with Gasteiger partial charge in [-0.1, -0.05) is 29.8 Å². The third-order valence-corrected chi connectivity index (χ3v) is 6.31. The second-order valence-electron chi connectivity index (χ2n) is 6.90. The van der Waals surface area contributed by atoms with Crippen molar-refractivity contribution in [3.05, 3.63) is 90.2 Å². The predicted molar refractivity (Wildman–Crippen MR) is 122 cm³/mol. The van der Waals surface area contributed by atoms with E-state index in [-0.39, 0.29) is 4.90 Å². The molecule has 1 N–H and O–H groups in total. The Morgan fingerprint density at radius 2 is 1.72 bits per heavy atom. The van der Waals surface area contributed by atoms with Gasteiger partial charge in [0.05, 0.1) is 10.6 Å². The van der Waals surface area contributed by atoms with Gasteiger partial charge < -0.3 is 0 Å². The van der Waals surface area contributed by atoms with Crippen molar-refractivity contribution in [2.45, 2.75) is 4.90 Å². The summed E-state index contributed by atoms with van der Waals surface area (Å²) >= 11 is 5.94. The van der Waals surface area contributed by atoms with Crippen LogP contribution in [0.2, 0.25) is 5.02 Å². The lowest BCUT2D eigenvalue weighted by molar-refractivity contribution is 0.601. The summed E-state index contributed by atoms with van der Waals surface area (Å²) in [5.74, 6) is 0.563. The fourth-order valence-electron chi connectivity index (χ4n) is 3.21. The minimum atomic E-state index is -3.79. The highest BCUT2D eigenvalue weighted by Gasteiger charge is 2.16. The van der Waals surface area contributed by atoms with E-state index in [0.717, 1.165) is 11.1 Å². The highest BCUT2D eigenvalue weighted by Crippen LogP contribution is 2.25. The van der Waals surface area contributed by atoms with Crippen molar-refractivity contribution < 1.29 is 8.42 Å². The molecule has 3 aromatic heterocycles. The Hall–Kier alpha value is -3.82. The SMILES string of the molecule is O=S(=O)(Nc1cccc(-c2ccc3nnc(-c4cccnc4)n3n2)c1)c1cccc(Cl)c1. The monoisotopic (exact) mass is 462 g/mol. The molecule has 5 aromatic rings. The van der Waals surface area contributed by atoms with Crippen LogP contribution in [0, 0.1) is 0 Å². The number of benzene rings is 2. The number of anilines is 1. The average Bonchev–Trinajstić information content (AvgIpc) is 3.23. The van der Waals surface area contributed by atoms with E-state index in [9.17, 15) is 8.42 Å². The molecular formula is C22H15ClN6O2S. The Morgan fingerprint density at radius 3 is 2.53 bits per heavy atom. The van der Waals surface area contributed by atoms with Crippen LogP contribution >= 0.6 is 11.6 Å². The lowest BCUT2D eigenvalue weighted by Crippen LogP contribution is -2.12. The third kappa shape index (κ3) is 3.91. The van der Waals surface area contributed by atoms with Gasteiger partial charge >= 0.3 is 0 Å². The number of fused-ring (bicyclic) bond motifs is 1. The molecule has 0 radical (unpaired) electrons. The Labute approximate surface area is 188 Å². The van der Waals surface area contributed by atoms with Crippen LogP contribution in [0.3, 0.4) is 0 Å². The number of sulfonamides is 1. The Morgan fingerprint density at radius 1 is 0.875 bits per heavy atom. The second kappa shape index (κ2) is 8.03. The smallest absolute Gasteiger partial charge is 0.261 e. The molecule has 0 amide bonds. The molecule has 0 aliphatic carbocycles. The van der Waals surface area contributed by atoms with Crippen LogP contribution in [0.15, 0.2) is 90.1 Å². The third-order valence-electron chi connectivity index (χ3n) is 4.70. The zero-order valence-electron chi connectivity index (χ0n) is 16.4. The minimum Gasteiger partial charge on any atom is -0.280 e. The summed E-state index contributed by atoms with van der Waals surface area (Å²) in [6.45, 7) is 0. The van der Waals surface area contributed by atoms with E-state index in [1.807, 2.05) is 24.3 Å². The zero-order valence-corrected chi connectivity index (χ0v) is 18.0. The van der Waals surface area contributed by atoms with Gasteiger partial charge in [0.25, 0.3) is 10.0 Å². The van der Waals surface area contributed by atoms with Gasteiger partial charge in [0.1, 0.15) is 0 Å². The summed E-state index contributed by atoms with van der Waals surface area (Å²) in [6, 6.07) is 20.4. The molecule has 0 atom stereocenters. The fourth-order valence-corrected chi connectivity index (χ4v) is 4.56. The zero-order chi connectivity index (χ0) is 22.1. The highest BCUT2D eigenvalue weighted by molar-refractivity contribution is 7.92. The predicted octanol–water partition coefficient (Wildman–Crippen LogP) is 4.31. The molecular weight excluding hydrogens is 448 g/mol.